The van der Waals surface area contributed by atoms with Crippen molar-refractivity contribution in [2.75, 3.05) is 29.7 Å². The van der Waals surface area contributed by atoms with Crippen LogP contribution in [-0.4, -0.2) is 34.1 Å². The summed E-state index contributed by atoms with van der Waals surface area (Å²) in [6.45, 7) is 7.65. The van der Waals surface area contributed by atoms with Crippen molar-refractivity contribution in [2.45, 2.75) is 25.9 Å². The summed E-state index contributed by atoms with van der Waals surface area (Å²) < 4.78 is 20.2. The van der Waals surface area contributed by atoms with Gasteiger partial charge in [-0.3, -0.25) is 5.32 Å². The summed E-state index contributed by atoms with van der Waals surface area (Å²) >= 11 is 0. The molecule has 0 atom stereocenters. The van der Waals surface area contributed by atoms with E-state index in [-0.39, 0.29) is 5.92 Å². The average Bonchev–Trinajstić information content (AvgIpc) is 3.33. The molecule has 10 heteroatoms. The fourth-order valence-electron chi connectivity index (χ4n) is 4.55. The van der Waals surface area contributed by atoms with Gasteiger partial charge < -0.3 is 20.4 Å². The SMILES string of the molecule is CC(C)c1cc(NC(=O)Nc2ccc(Oc3ccnc(N)c3)c3ccccc23)n(-c2cccc(CP(C)(C)=O)c2)n1. The third kappa shape index (κ3) is 6.76. The number of carbonyl (C=O) groups is 1. The Morgan fingerprint density at radius 3 is 2.49 bits per heavy atom. The minimum atomic E-state index is -2.26. The molecule has 2 amide bonds. The Balaban J connectivity index is 1.42. The zero-order valence-electron chi connectivity index (χ0n) is 23.5. The Bertz CT molecular complexity index is 1780. The van der Waals surface area contributed by atoms with Gasteiger partial charge in [0.1, 0.15) is 23.1 Å². The van der Waals surface area contributed by atoms with E-state index < -0.39 is 13.2 Å². The number of benzene rings is 3. The molecule has 5 rings (SSSR count). The number of aromatic nitrogens is 3. The van der Waals surface area contributed by atoms with Crippen molar-refractivity contribution in [3.63, 3.8) is 0 Å². The normalized spacial score (nSPS) is 11.5. The zero-order chi connectivity index (χ0) is 29.1. The van der Waals surface area contributed by atoms with E-state index >= 15 is 0 Å². The summed E-state index contributed by atoms with van der Waals surface area (Å²) in [7, 11) is -2.26. The highest BCUT2D eigenvalue weighted by Crippen LogP contribution is 2.40. The molecule has 3 aromatic carbocycles. The lowest BCUT2D eigenvalue weighted by Gasteiger charge is -2.15. The second-order valence-electron chi connectivity index (χ2n) is 10.7. The smallest absolute Gasteiger partial charge is 0.324 e. The van der Waals surface area contributed by atoms with Crippen LogP contribution in [0.4, 0.5) is 22.1 Å². The quantitative estimate of drug-likeness (QED) is 0.165. The second-order valence-corrected chi connectivity index (χ2v) is 14.1. The summed E-state index contributed by atoms with van der Waals surface area (Å²) in [5.41, 5.74) is 9.00. The van der Waals surface area contributed by atoms with Gasteiger partial charge in [-0.05, 0) is 55.1 Å². The van der Waals surface area contributed by atoms with Crippen LogP contribution in [0.2, 0.25) is 0 Å². The standard InChI is InChI=1S/C31H33N6O3P/c1-20(2)27-18-30(37(36-27)22-9-7-8-21(16-22)19-41(3,4)39)35-31(38)34-26-12-13-28(25-11-6-5-10-24(25)26)40-23-14-15-33-29(32)17-23/h5-18,20H,19H2,1-4H3,(H2,32,33)(H2,34,35,38). The number of nitrogen functional groups attached to an aromatic ring is 1. The number of hydrogen-bond acceptors (Lipinski definition) is 6. The lowest BCUT2D eigenvalue weighted by Crippen LogP contribution is -2.21. The number of carbonyl (C=O) groups excluding carboxylic acids is 1. The molecule has 0 saturated heterocycles. The number of anilines is 3. The first-order chi connectivity index (χ1) is 19.6. The van der Waals surface area contributed by atoms with Crippen LogP contribution >= 0.6 is 7.14 Å². The maximum Gasteiger partial charge on any atom is 0.324 e. The van der Waals surface area contributed by atoms with Gasteiger partial charge in [0.25, 0.3) is 0 Å². The largest absolute Gasteiger partial charge is 0.457 e. The molecule has 0 radical (unpaired) electrons. The Morgan fingerprint density at radius 2 is 1.76 bits per heavy atom. The second kappa shape index (κ2) is 11.5. The maximum atomic E-state index is 13.3. The number of nitrogens with one attached hydrogen (secondary N) is 2. The van der Waals surface area contributed by atoms with Gasteiger partial charge in [0.2, 0.25) is 0 Å². The van der Waals surface area contributed by atoms with Gasteiger partial charge >= 0.3 is 6.03 Å². The number of amides is 2. The number of nitrogens with two attached hydrogens (primary N) is 1. The van der Waals surface area contributed by atoms with E-state index in [1.165, 1.54) is 0 Å². The lowest BCUT2D eigenvalue weighted by molar-refractivity contribution is 0.262. The summed E-state index contributed by atoms with van der Waals surface area (Å²) in [4.78, 5) is 17.3. The highest BCUT2D eigenvalue weighted by Gasteiger charge is 2.17. The van der Waals surface area contributed by atoms with Crippen molar-refractivity contribution in [3.8, 4) is 17.2 Å². The molecule has 2 heterocycles. The van der Waals surface area contributed by atoms with E-state index in [9.17, 15) is 9.36 Å². The molecule has 0 aliphatic rings. The third-order valence-electron chi connectivity index (χ3n) is 6.39. The van der Waals surface area contributed by atoms with Crippen molar-refractivity contribution in [3.05, 3.63) is 96.3 Å². The fraction of sp³-hybridized carbons (Fsp3) is 0.194. The summed E-state index contributed by atoms with van der Waals surface area (Å²) in [5.74, 6) is 2.24. The van der Waals surface area contributed by atoms with Gasteiger partial charge in [0, 0.05) is 35.3 Å². The molecule has 5 aromatic rings. The first-order valence-corrected chi connectivity index (χ1v) is 16.1. The monoisotopic (exact) mass is 568 g/mol. The van der Waals surface area contributed by atoms with E-state index in [0.717, 1.165) is 27.7 Å². The number of nitrogens with zero attached hydrogens (tertiary/aromatic N) is 3. The number of fused-ring (bicyclic) bond motifs is 1. The number of urea groups is 1. The topological polar surface area (TPSA) is 124 Å². The van der Waals surface area contributed by atoms with E-state index in [0.29, 0.717) is 35.0 Å². The highest BCUT2D eigenvalue weighted by molar-refractivity contribution is 7.61. The average molecular weight is 569 g/mol. The molecule has 0 aliphatic heterocycles. The number of hydrogen-bond donors (Lipinski definition) is 3. The van der Waals surface area contributed by atoms with Gasteiger partial charge in [0.15, 0.2) is 0 Å². The Labute approximate surface area is 239 Å². The molecule has 9 nitrogen and oxygen atoms in total. The van der Waals surface area contributed by atoms with Gasteiger partial charge in [-0.15, -0.1) is 0 Å². The van der Waals surface area contributed by atoms with E-state index in [1.54, 1.807) is 48.5 Å². The summed E-state index contributed by atoms with van der Waals surface area (Å²) in [6, 6.07) is 23.9. The molecule has 0 saturated carbocycles. The Morgan fingerprint density at radius 1 is 0.976 bits per heavy atom. The van der Waals surface area contributed by atoms with Crippen LogP contribution in [0.15, 0.2) is 85.1 Å². The van der Waals surface area contributed by atoms with Crippen LogP contribution in [0.5, 0.6) is 11.5 Å². The first kappa shape index (κ1) is 27.9. The van der Waals surface area contributed by atoms with E-state index in [2.05, 4.69) is 15.6 Å². The molecule has 0 bridgehead atoms. The van der Waals surface area contributed by atoms with E-state index in [1.807, 2.05) is 68.4 Å². The Hall–Kier alpha value is -4.62. The van der Waals surface area contributed by atoms with Gasteiger partial charge in [-0.25, -0.2) is 14.5 Å². The Kier molecular flexibility index (Phi) is 7.81. The van der Waals surface area contributed by atoms with Gasteiger partial charge in [-0.1, -0.05) is 50.2 Å². The fourth-order valence-corrected chi connectivity index (χ4v) is 5.63. The molecule has 0 unspecified atom stereocenters. The van der Waals surface area contributed by atoms with Crippen molar-refractivity contribution < 1.29 is 14.1 Å². The van der Waals surface area contributed by atoms with Crippen LogP contribution in [0.3, 0.4) is 0 Å². The molecule has 2 aromatic heterocycles. The molecule has 0 spiro atoms. The van der Waals surface area contributed by atoms with Crippen LogP contribution in [0.25, 0.3) is 16.5 Å². The molecule has 4 N–H and O–H groups in total. The predicted molar refractivity (Wildman–Crippen MR) is 166 cm³/mol. The van der Waals surface area contributed by atoms with Gasteiger partial charge in [0.05, 0.1) is 24.2 Å². The minimum Gasteiger partial charge on any atom is -0.457 e. The number of pyridine rings is 1. The number of ether oxygens (including phenoxy) is 1. The molecule has 41 heavy (non-hydrogen) atoms. The maximum absolute atomic E-state index is 13.3. The molecule has 0 aliphatic carbocycles. The van der Waals surface area contributed by atoms with Crippen molar-refractivity contribution in [1.82, 2.24) is 14.8 Å². The predicted octanol–water partition coefficient (Wildman–Crippen LogP) is 7.69. The minimum absolute atomic E-state index is 0.154. The third-order valence-corrected chi connectivity index (χ3v) is 7.52. The van der Waals surface area contributed by atoms with Crippen molar-refractivity contribution >= 4 is 41.3 Å². The van der Waals surface area contributed by atoms with Crippen LogP contribution < -0.4 is 21.1 Å². The molecule has 0 fully saturated rings. The number of rotatable bonds is 8. The van der Waals surface area contributed by atoms with Crippen LogP contribution in [0, 0.1) is 0 Å². The highest BCUT2D eigenvalue weighted by atomic mass is 31.2. The summed E-state index contributed by atoms with van der Waals surface area (Å²) in [6.07, 6.45) is 2.08. The lowest BCUT2D eigenvalue weighted by atomic mass is 10.1. The van der Waals surface area contributed by atoms with Gasteiger partial charge in [-0.2, -0.15) is 5.10 Å². The van der Waals surface area contributed by atoms with Crippen molar-refractivity contribution in [1.29, 1.82) is 0 Å². The molecule has 210 valence electrons. The van der Waals surface area contributed by atoms with E-state index in [4.69, 9.17) is 15.6 Å². The van der Waals surface area contributed by atoms with Crippen molar-refractivity contribution in [2.24, 2.45) is 0 Å². The first-order valence-electron chi connectivity index (χ1n) is 13.3. The zero-order valence-corrected chi connectivity index (χ0v) is 24.4. The molecular formula is C31H33N6O3P. The molecular weight excluding hydrogens is 535 g/mol. The summed E-state index contributed by atoms with van der Waals surface area (Å²) in [5, 5.41) is 12.4. The van der Waals surface area contributed by atoms with Crippen LogP contribution in [-0.2, 0) is 10.7 Å². The van der Waals surface area contributed by atoms with Crippen LogP contribution in [0.1, 0.15) is 31.0 Å².